The third kappa shape index (κ3) is 4.72. The molecular weight excluding hydrogens is 273 g/mol. The predicted octanol–water partition coefficient (Wildman–Crippen LogP) is 2.81. The monoisotopic (exact) mass is 283 g/mol. The van der Waals surface area contributed by atoms with Crippen molar-refractivity contribution in [3.8, 4) is 5.75 Å². The molecule has 0 aliphatic rings. The van der Waals surface area contributed by atoms with E-state index in [0.717, 1.165) is 7.05 Å². The lowest BCUT2D eigenvalue weighted by atomic mass is 10.2. The number of carbonyl (C=O) groups is 1. The number of halogens is 5. The summed E-state index contributed by atoms with van der Waals surface area (Å²) in [7, 11) is 0.999. The highest BCUT2D eigenvalue weighted by Crippen LogP contribution is 2.20. The molecule has 0 fully saturated rings. The average molecular weight is 283 g/mol. The predicted molar refractivity (Wildman–Crippen MR) is 55.6 cm³/mol. The van der Waals surface area contributed by atoms with Gasteiger partial charge in [-0.2, -0.15) is 22.0 Å². The first-order valence-electron chi connectivity index (χ1n) is 5.06. The van der Waals surface area contributed by atoms with E-state index >= 15 is 0 Å². The Morgan fingerprint density at radius 3 is 2.21 bits per heavy atom. The molecule has 106 valence electrons. The van der Waals surface area contributed by atoms with Gasteiger partial charge in [0, 0.05) is 13.6 Å². The van der Waals surface area contributed by atoms with Crippen molar-refractivity contribution in [2.24, 2.45) is 0 Å². The maximum absolute atomic E-state index is 12.1. The van der Waals surface area contributed by atoms with E-state index in [0.29, 0.717) is 10.5 Å². The molecule has 8 heteroatoms. The molecule has 1 amide bonds. The van der Waals surface area contributed by atoms with E-state index in [1.807, 2.05) is 0 Å². The van der Waals surface area contributed by atoms with Gasteiger partial charge < -0.3 is 9.64 Å². The molecule has 0 aromatic heterocycles. The van der Waals surface area contributed by atoms with Crippen LogP contribution in [0.5, 0.6) is 5.75 Å². The molecule has 0 radical (unpaired) electrons. The molecule has 0 heterocycles. The normalized spacial score (nSPS) is 11.5. The van der Waals surface area contributed by atoms with Crippen LogP contribution in [-0.2, 0) is 11.3 Å². The minimum Gasteiger partial charge on any atom is -0.435 e. The summed E-state index contributed by atoms with van der Waals surface area (Å²) in [5, 5.41) is 0. The number of hydrogen-bond acceptors (Lipinski definition) is 2. The van der Waals surface area contributed by atoms with Crippen LogP contribution in [0.3, 0.4) is 0 Å². The van der Waals surface area contributed by atoms with Crippen LogP contribution in [0, 0.1) is 0 Å². The smallest absolute Gasteiger partial charge is 0.435 e. The van der Waals surface area contributed by atoms with Gasteiger partial charge in [0.05, 0.1) is 0 Å². The van der Waals surface area contributed by atoms with Crippen LogP contribution in [0.1, 0.15) is 5.56 Å². The quantitative estimate of drug-likeness (QED) is 0.795. The molecule has 0 spiro atoms. The van der Waals surface area contributed by atoms with Crippen LogP contribution in [0.2, 0.25) is 0 Å². The zero-order chi connectivity index (χ0) is 14.6. The van der Waals surface area contributed by atoms with Crippen molar-refractivity contribution in [1.29, 1.82) is 0 Å². The van der Waals surface area contributed by atoms with Crippen molar-refractivity contribution < 1.29 is 31.5 Å². The van der Waals surface area contributed by atoms with Gasteiger partial charge in [-0.25, -0.2) is 0 Å². The van der Waals surface area contributed by atoms with Gasteiger partial charge >= 0.3 is 18.7 Å². The Hall–Kier alpha value is -1.86. The highest BCUT2D eigenvalue weighted by atomic mass is 19.4. The Morgan fingerprint density at radius 1 is 1.26 bits per heavy atom. The van der Waals surface area contributed by atoms with E-state index in [1.54, 1.807) is 0 Å². The molecule has 1 rings (SSSR count). The van der Waals surface area contributed by atoms with Crippen molar-refractivity contribution >= 4 is 5.91 Å². The molecule has 0 atom stereocenters. The van der Waals surface area contributed by atoms with Crippen molar-refractivity contribution in [3.63, 3.8) is 0 Å². The van der Waals surface area contributed by atoms with Crippen LogP contribution < -0.4 is 4.74 Å². The average Bonchev–Trinajstić information content (AvgIpc) is 2.28. The van der Waals surface area contributed by atoms with Gasteiger partial charge in [-0.05, 0) is 17.7 Å². The lowest BCUT2D eigenvalue weighted by Gasteiger charge is -2.18. The third-order valence-corrected chi connectivity index (χ3v) is 2.16. The Bertz CT molecular complexity index is 430. The summed E-state index contributed by atoms with van der Waals surface area (Å²) in [6.07, 6.45) is -4.94. The molecule has 0 unspecified atom stereocenters. The second kappa shape index (κ2) is 5.85. The first-order valence-corrected chi connectivity index (χ1v) is 5.06. The molecule has 0 N–H and O–H groups in total. The lowest BCUT2D eigenvalue weighted by molar-refractivity contribution is -0.184. The minimum atomic E-state index is -4.94. The number of carbonyl (C=O) groups excluding carboxylic acids is 1. The van der Waals surface area contributed by atoms with E-state index in [1.165, 1.54) is 24.3 Å². The van der Waals surface area contributed by atoms with Crippen LogP contribution in [-0.4, -0.2) is 30.6 Å². The SMILES string of the molecule is CN(Cc1ccc(OC(F)F)cc1)C(=O)C(F)(F)F. The van der Waals surface area contributed by atoms with Gasteiger partial charge in [-0.15, -0.1) is 0 Å². The summed E-state index contributed by atoms with van der Waals surface area (Å²) in [5.74, 6) is -2.08. The number of ether oxygens (including phenoxy) is 1. The van der Waals surface area contributed by atoms with E-state index < -0.39 is 18.7 Å². The second-order valence-electron chi connectivity index (χ2n) is 3.68. The van der Waals surface area contributed by atoms with Gasteiger partial charge in [0.15, 0.2) is 0 Å². The fourth-order valence-electron chi connectivity index (χ4n) is 1.34. The number of hydrogen-bond donors (Lipinski definition) is 0. The van der Waals surface area contributed by atoms with E-state index in [9.17, 15) is 26.7 Å². The maximum Gasteiger partial charge on any atom is 0.471 e. The van der Waals surface area contributed by atoms with Crippen LogP contribution in [0.15, 0.2) is 24.3 Å². The number of alkyl halides is 5. The Labute approximate surface area is 105 Å². The van der Waals surface area contributed by atoms with Crippen LogP contribution in [0.25, 0.3) is 0 Å². The Balaban J connectivity index is 2.65. The second-order valence-corrected chi connectivity index (χ2v) is 3.68. The van der Waals surface area contributed by atoms with Crippen LogP contribution >= 0.6 is 0 Å². The summed E-state index contributed by atoms with van der Waals surface area (Å²) >= 11 is 0. The van der Waals surface area contributed by atoms with Crippen molar-refractivity contribution in [3.05, 3.63) is 29.8 Å². The van der Waals surface area contributed by atoms with E-state index in [4.69, 9.17) is 0 Å². The summed E-state index contributed by atoms with van der Waals surface area (Å²) < 4.78 is 64.2. The summed E-state index contributed by atoms with van der Waals surface area (Å²) in [4.78, 5) is 11.3. The van der Waals surface area contributed by atoms with Crippen molar-refractivity contribution in [2.45, 2.75) is 19.3 Å². The Morgan fingerprint density at radius 2 is 1.79 bits per heavy atom. The number of amides is 1. The number of benzene rings is 1. The molecule has 0 bridgehead atoms. The van der Waals surface area contributed by atoms with Gasteiger partial charge in [0.1, 0.15) is 5.75 Å². The highest BCUT2D eigenvalue weighted by Gasteiger charge is 2.41. The topological polar surface area (TPSA) is 29.5 Å². The highest BCUT2D eigenvalue weighted by molar-refractivity contribution is 5.81. The van der Waals surface area contributed by atoms with Gasteiger partial charge in [0.25, 0.3) is 0 Å². The Kier molecular flexibility index (Phi) is 4.68. The largest absolute Gasteiger partial charge is 0.471 e. The fraction of sp³-hybridized carbons (Fsp3) is 0.364. The molecule has 19 heavy (non-hydrogen) atoms. The number of nitrogens with zero attached hydrogens (tertiary/aromatic N) is 1. The van der Waals surface area contributed by atoms with Gasteiger partial charge in [0.2, 0.25) is 0 Å². The summed E-state index contributed by atoms with van der Waals surface area (Å²) in [6, 6.07) is 4.98. The first kappa shape index (κ1) is 15.2. The molecule has 1 aromatic rings. The van der Waals surface area contributed by atoms with Crippen molar-refractivity contribution in [2.75, 3.05) is 7.05 Å². The molecule has 3 nitrogen and oxygen atoms in total. The van der Waals surface area contributed by atoms with Crippen LogP contribution in [0.4, 0.5) is 22.0 Å². The van der Waals surface area contributed by atoms with Gasteiger partial charge in [-0.3, -0.25) is 4.79 Å². The molecule has 0 aliphatic carbocycles. The van der Waals surface area contributed by atoms with Gasteiger partial charge in [-0.1, -0.05) is 12.1 Å². The minimum absolute atomic E-state index is 0.108. The molecule has 0 aliphatic heterocycles. The first-order chi connectivity index (χ1) is 8.70. The summed E-state index contributed by atoms with van der Waals surface area (Å²) in [6.45, 7) is -3.26. The fourth-order valence-corrected chi connectivity index (χ4v) is 1.34. The molecular formula is C11H10F5NO2. The number of rotatable bonds is 4. The lowest BCUT2D eigenvalue weighted by Crippen LogP contribution is -2.37. The van der Waals surface area contributed by atoms with E-state index in [-0.39, 0.29) is 12.3 Å². The molecule has 0 saturated carbocycles. The van der Waals surface area contributed by atoms with E-state index in [2.05, 4.69) is 4.74 Å². The summed E-state index contributed by atoms with van der Waals surface area (Å²) in [5.41, 5.74) is 0.363. The zero-order valence-corrected chi connectivity index (χ0v) is 9.75. The molecule has 1 aromatic carbocycles. The third-order valence-electron chi connectivity index (χ3n) is 2.16. The maximum atomic E-state index is 12.1. The molecule has 0 saturated heterocycles. The van der Waals surface area contributed by atoms with Crippen molar-refractivity contribution in [1.82, 2.24) is 4.90 Å². The standard InChI is InChI=1S/C11H10F5NO2/c1-17(9(18)11(14,15)16)6-7-2-4-8(5-3-7)19-10(12)13/h2-5,10H,6H2,1H3. The zero-order valence-electron chi connectivity index (χ0n) is 9.75.